The van der Waals surface area contributed by atoms with Crippen LogP contribution in [0.4, 0.5) is 5.69 Å². The molecular formula is C28H37NO4P+. The van der Waals surface area contributed by atoms with Gasteiger partial charge in [-0.1, -0.05) is 30.3 Å². The van der Waals surface area contributed by atoms with E-state index in [9.17, 15) is 9.59 Å². The van der Waals surface area contributed by atoms with Gasteiger partial charge in [0.15, 0.2) is 11.3 Å². The molecule has 0 aromatic heterocycles. The summed E-state index contributed by atoms with van der Waals surface area (Å²) in [5, 5.41) is 2.90. The predicted molar refractivity (Wildman–Crippen MR) is 139 cm³/mol. The fourth-order valence-corrected chi connectivity index (χ4v) is 11.1. The first-order valence-corrected chi connectivity index (χ1v) is 14.8. The minimum Gasteiger partial charge on any atom is -0.497 e. The molecule has 2 aromatic carbocycles. The van der Waals surface area contributed by atoms with Gasteiger partial charge in [-0.15, -0.1) is 0 Å². The maximum Gasteiger partial charge on any atom is 0.344 e. The highest BCUT2D eigenvalue weighted by atomic mass is 31.2. The van der Waals surface area contributed by atoms with Gasteiger partial charge in [0, 0.05) is 25.8 Å². The molecule has 1 saturated heterocycles. The molecule has 1 N–H and O–H groups in total. The third kappa shape index (κ3) is 5.15. The molecule has 2 fully saturated rings. The Balaban J connectivity index is 1.54. The Morgan fingerprint density at radius 3 is 2.15 bits per heavy atom. The number of esters is 1. The van der Waals surface area contributed by atoms with Crippen molar-refractivity contribution in [2.24, 2.45) is 0 Å². The van der Waals surface area contributed by atoms with E-state index in [1.807, 2.05) is 56.3 Å². The largest absolute Gasteiger partial charge is 0.497 e. The fraction of sp³-hybridized carbons (Fsp3) is 0.500. The van der Waals surface area contributed by atoms with Crippen molar-refractivity contribution in [2.75, 3.05) is 30.9 Å². The summed E-state index contributed by atoms with van der Waals surface area (Å²) in [6.45, 7) is 4.30. The van der Waals surface area contributed by atoms with Crippen LogP contribution < -0.4 is 10.1 Å². The van der Waals surface area contributed by atoms with Crippen molar-refractivity contribution in [1.29, 1.82) is 0 Å². The number of rotatable bonds is 8. The SMILES string of the molecule is COc1cc(C)c(NC(=O)C2([P+]3(CC(=O)OCc4ccccc4)CCCCCC3)CC2)c(C)c1. The molecule has 1 saturated carbocycles. The number of carbonyl (C=O) groups excluding carboxylic acids is 2. The Bertz CT molecular complexity index is 1000. The molecule has 1 aliphatic heterocycles. The van der Waals surface area contributed by atoms with Crippen molar-refractivity contribution in [1.82, 2.24) is 0 Å². The molecular weight excluding hydrogens is 445 g/mol. The van der Waals surface area contributed by atoms with E-state index in [2.05, 4.69) is 5.32 Å². The minimum atomic E-state index is -1.85. The van der Waals surface area contributed by atoms with E-state index in [-0.39, 0.29) is 17.0 Å². The van der Waals surface area contributed by atoms with Crippen LogP contribution in [0.15, 0.2) is 42.5 Å². The topological polar surface area (TPSA) is 64.6 Å². The number of ether oxygens (including phenoxy) is 2. The quantitative estimate of drug-likeness (QED) is 0.364. The summed E-state index contributed by atoms with van der Waals surface area (Å²) in [4.78, 5) is 27.0. The number of benzene rings is 2. The number of nitrogens with one attached hydrogen (secondary N) is 1. The van der Waals surface area contributed by atoms with E-state index in [0.29, 0.717) is 12.8 Å². The first kappa shape index (κ1) is 24.7. The number of hydrogen-bond donors (Lipinski definition) is 1. The van der Waals surface area contributed by atoms with Gasteiger partial charge in [-0.05, 0) is 68.4 Å². The smallest absolute Gasteiger partial charge is 0.344 e. The van der Waals surface area contributed by atoms with Crippen LogP contribution in [0.3, 0.4) is 0 Å². The first-order chi connectivity index (χ1) is 16.4. The normalized spacial score (nSPS) is 18.4. The molecule has 34 heavy (non-hydrogen) atoms. The van der Waals surface area contributed by atoms with Crippen molar-refractivity contribution in [2.45, 2.75) is 64.1 Å². The Kier molecular flexibility index (Phi) is 7.62. The lowest BCUT2D eigenvalue weighted by Gasteiger charge is -2.33. The molecule has 0 spiro atoms. The number of amides is 1. The van der Waals surface area contributed by atoms with Gasteiger partial charge in [-0.2, -0.15) is 0 Å². The number of carbonyl (C=O) groups is 2. The summed E-state index contributed by atoms with van der Waals surface area (Å²) in [6.07, 6.45) is 8.81. The Hall–Kier alpha value is -2.39. The van der Waals surface area contributed by atoms with Crippen LogP contribution in [0.5, 0.6) is 5.75 Å². The first-order valence-electron chi connectivity index (χ1n) is 12.4. The molecule has 0 bridgehead atoms. The van der Waals surface area contributed by atoms with Gasteiger partial charge in [-0.3, -0.25) is 4.79 Å². The average Bonchev–Trinajstić information content (AvgIpc) is 3.66. The third-order valence-corrected chi connectivity index (χ3v) is 13.3. The molecule has 1 aliphatic carbocycles. The highest BCUT2D eigenvalue weighted by molar-refractivity contribution is 7.79. The molecule has 6 heteroatoms. The number of hydrogen-bond acceptors (Lipinski definition) is 4. The van der Waals surface area contributed by atoms with Crippen molar-refractivity contribution >= 4 is 24.8 Å². The second-order valence-corrected chi connectivity index (χ2v) is 14.3. The van der Waals surface area contributed by atoms with Crippen LogP contribution in [0.25, 0.3) is 0 Å². The minimum absolute atomic E-state index is 0.106. The highest BCUT2D eigenvalue weighted by Crippen LogP contribution is 2.79. The zero-order chi connectivity index (χ0) is 24.2. The molecule has 5 nitrogen and oxygen atoms in total. The lowest BCUT2D eigenvalue weighted by atomic mass is 10.1. The van der Waals surface area contributed by atoms with Crippen molar-refractivity contribution in [3.05, 3.63) is 59.2 Å². The highest BCUT2D eigenvalue weighted by Gasteiger charge is 2.70. The van der Waals surface area contributed by atoms with Crippen molar-refractivity contribution in [3.63, 3.8) is 0 Å². The van der Waals surface area contributed by atoms with E-state index < -0.39 is 7.26 Å². The maximum absolute atomic E-state index is 13.9. The summed E-state index contributed by atoms with van der Waals surface area (Å²) in [5.74, 6) is 0.757. The van der Waals surface area contributed by atoms with E-state index in [1.54, 1.807) is 7.11 Å². The molecule has 1 heterocycles. The Labute approximate surface area is 204 Å². The molecule has 2 aliphatic rings. The number of anilines is 1. The van der Waals surface area contributed by atoms with Gasteiger partial charge in [0.2, 0.25) is 0 Å². The van der Waals surface area contributed by atoms with E-state index in [0.717, 1.165) is 66.1 Å². The van der Waals surface area contributed by atoms with Crippen LogP contribution in [-0.4, -0.2) is 42.6 Å². The van der Waals surface area contributed by atoms with E-state index in [1.165, 1.54) is 12.8 Å². The second kappa shape index (κ2) is 10.5. The maximum atomic E-state index is 13.9. The second-order valence-electron chi connectivity index (χ2n) is 9.93. The summed E-state index contributed by atoms with van der Waals surface area (Å²) in [7, 11) is -0.197. The zero-order valence-corrected chi connectivity index (χ0v) is 21.6. The van der Waals surface area contributed by atoms with Gasteiger partial charge in [-0.25, -0.2) is 4.79 Å². The van der Waals surface area contributed by atoms with Gasteiger partial charge < -0.3 is 14.8 Å². The monoisotopic (exact) mass is 482 g/mol. The molecule has 182 valence electrons. The van der Waals surface area contributed by atoms with Crippen LogP contribution in [-0.2, 0) is 20.9 Å². The number of methoxy groups -OCH3 is 1. The van der Waals surface area contributed by atoms with Gasteiger partial charge in [0.25, 0.3) is 5.91 Å². The molecule has 0 radical (unpaired) electrons. The lowest BCUT2D eigenvalue weighted by molar-refractivity contribution is -0.141. The molecule has 1 amide bonds. The van der Waals surface area contributed by atoms with Crippen molar-refractivity contribution in [3.8, 4) is 5.75 Å². The average molecular weight is 483 g/mol. The van der Waals surface area contributed by atoms with E-state index in [4.69, 9.17) is 9.47 Å². The van der Waals surface area contributed by atoms with Crippen LogP contribution in [0.1, 0.15) is 55.2 Å². The lowest BCUT2D eigenvalue weighted by Crippen LogP contribution is -2.37. The molecule has 0 atom stereocenters. The number of aryl methyl sites for hydroxylation is 2. The molecule has 4 rings (SSSR count). The van der Waals surface area contributed by atoms with Crippen LogP contribution in [0.2, 0.25) is 0 Å². The van der Waals surface area contributed by atoms with Gasteiger partial charge in [0.1, 0.15) is 12.4 Å². The zero-order valence-electron chi connectivity index (χ0n) is 20.7. The van der Waals surface area contributed by atoms with Gasteiger partial charge in [0.05, 0.1) is 19.4 Å². The standard InChI is InChI=1S/C28H36NO4P/c1-21-17-24(32-3)18-22(2)26(21)29-27(31)28(13-14-28)34(15-9-4-5-10-16-34)20-25(30)33-19-23-11-7-6-8-12-23/h6-8,11-12,17-18H,4-5,9-10,13-16,19-20H2,1-3H3/p+1. The third-order valence-electron chi connectivity index (χ3n) is 7.63. The van der Waals surface area contributed by atoms with E-state index >= 15 is 0 Å². The Morgan fingerprint density at radius 2 is 1.59 bits per heavy atom. The summed E-state index contributed by atoms with van der Waals surface area (Å²) in [6, 6.07) is 13.7. The summed E-state index contributed by atoms with van der Waals surface area (Å²) in [5.41, 5.74) is 3.86. The van der Waals surface area contributed by atoms with Crippen molar-refractivity contribution < 1.29 is 19.1 Å². The summed E-state index contributed by atoms with van der Waals surface area (Å²) < 4.78 is 11.1. The Morgan fingerprint density at radius 1 is 0.971 bits per heavy atom. The fourth-order valence-electron chi connectivity index (χ4n) is 5.57. The van der Waals surface area contributed by atoms with Gasteiger partial charge >= 0.3 is 5.97 Å². The van der Waals surface area contributed by atoms with Crippen LogP contribution in [0, 0.1) is 13.8 Å². The molecule has 2 aromatic rings. The predicted octanol–water partition coefficient (Wildman–Crippen LogP) is 6.12. The van der Waals surface area contributed by atoms with Crippen LogP contribution >= 0.6 is 7.26 Å². The summed E-state index contributed by atoms with van der Waals surface area (Å²) >= 11 is 0. The molecule has 0 unspecified atom stereocenters.